The van der Waals surface area contributed by atoms with E-state index in [1.165, 1.54) is 44.4 Å². The lowest BCUT2D eigenvalue weighted by Crippen LogP contribution is -2.35. The number of hydrogen-bond donors (Lipinski definition) is 0. The maximum Gasteiger partial charge on any atom is 0.368 e. The van der Waals surface area contributed by atoms with E-state index in [2.05, 4.69) is 20.9 Å². The van der Waals surface area contributed by atoms with Gasteiger partial charge in [0.25, 0.3) is 0 Å². The number of ketones is 4. The maximum atomic E-state index is 12.7. The highest BCUT2D eigenvalue weighted by molar-refractivity contribution is 6.41. The van der Waals surface area contributed by atoms with E-state index in [0.29, 0.717) is 25.7 Å². The van der Waals surface area contributed by atoms with Gasteiger partial charge in [-0.1, -0.05) is 46.4 Å². The minimum atomic E-state index is -1.36. The van der Waals surface area contributed by atoms with Crippen LogP contribution in [0.2, 0.25) is 20.1 Å². The number of benzene rings is 2. The molecule has 16 nitrogen and oxygen atoms in total. The number of hydrogen-bond acceptors (Lipinski definition) is 12. The van der Waals surface area contributed by atoms with Crippen molar-refractivity contribution in [2.45, 2.75) is 38.5 Å². The summed E-state index contributed by atoms with van der Waals surface area (Å²) in [5.41, 5.74) is -1.24. The predicted octanol–water partition coefficient (Wildman–Crippen LogP) is 3.46. The highest BCUT2D eigenvalue weighted by atomic mass is 35.5. The van der Waals surface area contributed by atoms with Gasteiger partial charge in [-0.3, -0.25) is 19.2 Å². The fourth-order valence-corrected chi connectivity index (χ4v) is 6.33. The van der Waals surface area contributed by atoms with Crippen LogP contribution in [0.4, 0.5) is 0 Å². The van der Waals surface area contributed by atoms with Gasteiger partial charge in [0.05, 0.1) is 25.7 Å². The number of halogens is 4. The monoisotopic (exact) mass is 764 g/mol. The number of allylic oxidation sites excluding steroid dienone is 2. The van der Waals surface area contributed by atoms with Crippen LogP contribution in [-0.2, 0) is 33.2 Å². The van der Waals surface area contributed by atoms with Crippen molar-refractivity contribution in [3.63, 3.8) is 0 Å². The number of carbonyl (C=O) groups is 5. The molecule has 0 spiro atoms. The van der Waals surface area contributed by atoms with Gasteiger partial charge in [0.1, 0.15) is 23.1 Å². The minimum absolute atomic E-state index is 0.00228. The molecule has 4 aromatic rings. The van der Waals surface area contributed by atoms with Gasteiger partial charge in [-0.25, -0.2) is 14.4 Å². The highest BCUT2D eigenvalue weighted by Crippen LogP contribution is 2.34. The van der Waals surface area contributed by atoms with Crippen LogP contribution in [0, 0.1) is 5.92 Å². The molecule has 20 heteroatoms. The number of aromatic nitrogens is 8. The third kappa shape index (κ3) is 7.23. The third-order valence-electron chi connectivity index (χ3n) is 7.63. The second-order valence-electron chi connectivity index (χ2n) is 11.0. The molecule has 0 bridgehead atoms. The molecular formula is C30H24Cl4N8O8. The molecular weight excluding hydrogens is 742 g/mol. The number of nitrogens with zero attached hydrogens (tertiary/aromatic N) is 8. The van der Waals surface area contributed by atoms with Crippen molar-refractivity contribution in [1.82, 2.24) is 39.6 Å². The van der Waals surface area contributed by atoms with Crippen LogP contribution in [0.15, 0.2) is 45.7 Å². The first-order chi connectivity index (χ1) is 23.7. The quantitative estimate of drug-likeness (QED) is 0.158. The van der Waals surface area contributed by atoms with E-state index in [1.54, 1.807) is 0 Å². The standard InChI is InChI=1S/2C15H12Cl2N4O4/c1-20-15(24)21(19-18-20)13-11(16)6-5-10(12(13)17)14(23)25-9-4-2-3-8(22)7-9;1-20-15(25)21(19-18-20)13-8(16)6-5-7(12(13)17)14(24)11-9(22)3-2-4-10(11)23/h5-7H,2-4H2,1H3;5-6,11H,2-4H2,1H3. The molecule has 2 aliphatic rings. The first-order valence-corrected chi connectivity index (χ1v) is 16.2. The number of esters is 1. The second kappa shape index (κ2) is 15.0. The Labute approximate surface area is 301 Å². The molecule has 1 fully saturated rings. The molecule has 0 atom stereocenters. The zero-order valence-corrected chi connectivity index (χ0v) is 29.1. The van der Waals surface area contributed by atoms with Crippen molar-refractivity contribution in [2.24, 2.45) is 20.0 Å². The van der Waals surface area contributed by atoms with Crippen molar-refractivity contribution in [1.29, 1.82) is 0 Å². The maximum absolute atomic E-state index is 12.7. The Balaban J connectivity index is 0.000000194. The minimum Gasteiger partial charge on any atom is -0.427 e. The van der Waals surface area contributed by atoms with Gasteiger partial charge in [-0.15, -0.1) is 0 Å². The van der Waals surface area contributed by atoms with Crippen LogP contribution < -0.4 is 11.4 Å². The van der Waals surface area contributed by atoms with Crippen molar-refractivity contribution >= 4 is 75.5 Å². The molecule has 0 saturated heterocycles. The summed E-state index contributed by atoms with van der Waals surface area (Å²) in [5, 5.41) is 14.4. The van der Waals surface area contributed by atoms with Crippen molar-refractivity contribution < 1.29 is 28.7 Å². The molecule has 2 aromatic carbocycles. The molecule has 0 aliphatic heterocycles. The largest absolute Gasteiger partial charge is 0.427 e. The molecule has 2 aromatic heterocycles. The second-order valence-corrected chi connectivity index (χ2v) is 12.6. The van der Waals surface area contributed by atoms with Gasteiger partial charge >= 0.3 is 17.3 Å². The van der Waals surface area contributed by atoms with Crippen LogP contribution in [0.25, 0.3) is 11.4 Å². The number of carbonyl (C=O) groups excluding carboxylic acids is 5. The smallest absolute Gasteiger partial charge is 0.368 e. The lowest BCUT2D eigenvalue weighted by Gasteiger charge is -2.19. The fraction of sp³-hybridized carbons (Fsp3) is 0.300. The van der Waals surface area contributed by atoms with E-state index >= 15 is 0 Å². The van der Waals surface area contributed by atoms with E-state index < -0.39 is 40.6 Å². The van der Waals surface area contributed by atoms with Crippen LogP contribution in [0.3, 0.4) is 0 Å². The van der Waals surface area contributed by atoms with E-state index in [0.717, 1.165) is 18.7 Å². The van der Waals surface area contributed by atoms with Crippen molar-refractivity contribution in [3.05, 3.63) is 88.3 Å². The van der Waals surface area contributed by atoms with Crippen molar-refractivity contribution in [3.8, 4) is 11.4 Å². The molecule has 2 aliphatic carbocycles. The van der Waals surface area contributed by atoms with Gasteiger partial charge in [-0.2, -0.15) is 18.7 Å². The molecule has 0 amide bonds. The predicted molar refractivity (Wildman–Crippen MR) is 177 cm³/mol. The van der Waals surface area contributed by atoms with E-state index in [1.807, 2.05) is 0 Å². The number of tetrazole rings is 2. The zero-order chi connectivity index (χ0) is 36.4. The summed E-state index contributed by atoms with van der Waals surface area (Å²) in [6, 6.07) is 5.46. The van der Waals surface area contributed by atoms with Crippen LogP contribution in [0.5, 0.6) is 0 Å². The first-order valence-electron chi connectivity index (χ1n) is 14.7. The summed E-state index contributed by atoms with van der Waals surface area (Å²) in [5.74, 6) is -3.47. The Morgan fingerprint density at radius 3 is 1.64 bits per heavy atom. The number of Topliss-reactive ketones (excluding diaryl/α,β-unsaturated/α-hetero) is 3. The molecule has 0 N–H and O–H groups in total. The third-order valence-corrected chi connectivity index (χ3v) is 9.01. The summed E-state index contributed by atoms with van der Waals surface area (Å²) >= 11 is 24.7. The number of rotatable bonds is 6. The van der Waals surface area contributed by atoms with Gasteiger partial charge in [-0.05, 0) is 58.0 Å². The highest BCUT2D eigenvalue weighted by Gasteiger charge is 2.38. The molecule has 2 heterocycles. The lowest BCUT2D eigenvalue weighted by molar-refractivity contribution is -0.133. The molecule has 0 unspecified atom stereocenters. The molecule has 1 saturated carbocycles. The van der Waals surface area contributed by atoms with Gasteiger partial charge in [0.2, 0.25) is 0 Å². The Kier molecular flexibility index (Phi) is 11.0. The van der Waals surface area contributed by atoms with E-state index in [9.17, 15) is 33.6 Å². The van der Waals surface area contributed by atoms with Crippen LogP contribution >= 0.6 is 46.4 Å². The molecule has 6 rings (SSSR count). The Morgan fingerprint density at radius 2 is 1.16 bits per heavy atom. The van der Waals surface area contributed by atoms with Gasteiger partial charge in [0, 0.05) is 51.4 Å². The summed E-state index contributed by atoms with van der Waals surface area (Å²) in [4.78, 5) is 84.7. The normalized spacial score (nSPS) is 15.0. The molecule has 260 valence electrons. The Morgan fingerprint density at radius 1 is 0.680 bits per heavy atom. The summed E-state index contributed by atoms with van der Waals surface area (Å²) in [7, 11) is 2.81. The average molecular weight is 766 g/mol. The zero-order valence-electron chi connectivity index (χ0n) is 26.1. The van der Waals surface area contributed by atoms with Crippen LogP contribution in [-0.4, -0.2) is 68.7 Å². The first kappa shape index (κ1) is 36.5. The van der Waals surface area contributed by atoms with Crippen molar-refractivity contribution in [2.75, 3.05) is 0 Å². The topological polar surface area (TPSA) is 200 Å². The average Bonchev–Trinajstić information content (AvgIpc) is 3.56. The van der Waals surface area contributed by atoms with E-state index in [4.69, 9.17) is 51.1 Å². The SMILES string of the molecule is Cn1nnn(-c2c(Cl)ccc(C(=O)C3C(=O)CCCC3=O)c2Cl)c1=O.Cn1nnn(-c2c(Cl)ccc(C(=O)OC3=CC(=O)CCC3)c2Cl)c1=O. The lowest BCUT2D eigenvalue weighted by atomic mass is 9.81. The summed E-state index contributed by atoms with van der Waals surface area (Å²) in [6.07, 6.45) is 3.62. The molecule has 50 heavy (non-hydrogen) atoms. The fourth-order valence-electron chi connectivity index (χ4n) is 5.09. The van der Waals surface area contributed by atoms with Gasteiger partial charge < -0.3 is 4.74 Å². The summed E-state index contributed by atoms with van der Waals surface area (Å²) in [6.45, 7) is 0. The molecule has 0 radical (unpaired) electrons. The number of ether oxygens (including phenoxy) is 1. The summed E-state index contributed by atoms with van der Waals surface area (Å²) < 4.78 is 8.95. The van der Waals surface area contributed by atoms with E-state index in [-0.39, 0.29) is 67.0 Å². The Bertz CT molecular complexity index is 2220. The van der Waals surface area contributed by atoms with Gasteiger partial charge in [0.15, 0.2) is 23.1 Å². The Hall–Kier alpha value is -4.77. The number of aryl methyl sites for hydroxylation is 2. The van der Waals surface area contributed by atoms with Crippen LogP contribution in [0.1, 0.15) is 59.2 Å².